The van der Waals surface area contributed by atoms with Crippen LogP contribution in [0.2, 0.25) is 0 Å². The average Bonchev–Trinajstić information content (AvgIpc) is 2.53. The van der Waals surface area contributed by atoms with Crippen LogP contribution < -0.4 is 11.2 Å². The number of carbonyl (C=O) groups is 1. The normalized spacial score (nSPS) is 20.1. The number of amides is 1. The van der Waals surface area contributed by atoms with Crippen LogP contribution in [0.4, 0.5) is 0 Å². The van der Waals surface area contributed by atoms with Gasteiger partial charge in [0.05, 0.1) is 0 Å². The summed E-state index contributed by atoms with van der Waals surface area (Å²) in [6, 6.07) is 0. The van der Waals surface area contributed by atoms with Crippen molar-refractivity contribution in [3.8, 4) is 0 Å². The summed E-state index contributed by atoms with van der Waals surface area (Å²) >= 11 is 0. The van der Waals surface area contributed by atoms with Crippen molar-refractivity contribution in [1.82, 2.24) is 14.5 Å². The van der Waals surface area contributed by atoms with Crippen molar-refractivity contribution >= 4 is 5.91 Å². The molecule has 0 bridgehead atoms. The lowest BCUT2D eigenvalue weighted by Gasteiger charge is -2.38. The molecular formula is C18H27N3O3. The number of hydrogen-bond donors (Lipinski definition) is 1. The molecule has 2 aliphatic rings. The number of H-pyrrole nitrogens is 1. The first-order valence-corrected chi connectivity index (χ1v) is 9.00. The van der Waals surface area contributed by atoms with Gasteiger partial charge in [0, 0.05) is 37.3 Å². The van der Waals surface area contributed by atoms with Crippen LogP contribution in [0, 0.1) is 5.41 Å². The van der Waals surface area contributed by atoms with Crippen LogP contribution in [-0.4, -0.2) is 33.4 Å². The predicted molar refractivity (Wildman–Crippen MR) is 92.2 cm³/mol. The van der Waals surface area contributed by atoms with E-state index in [2.05, 4.69) is 18.8 Å². The molecule has 0 unspecified atom stereocenters. The lowest BCUT2D eigenvalue weighted by Crippen LogP contribution is -2.44. The Morgan fingerprint density at radius 1 is 1.04 bits per heavy atom. The van der Waals surface area contributed by atoms with Crippen LogP contribution in [0.1, 0.15) is 57.2 Å². The lowest BCUT2D eigenvalue weighted by atomic mass is 9.84. The van der Waals surface area contributed by atoms with E-state index in [4.69, 9.17) is 0 Å². The van der Waals surface area contributed by atoms with E-state index in [1.165, 1.54) is 0 Å². The fourth-order valence-corrected chi connectivity index (χ4v) is 3.94. The van der Waals surface area contributed by atoms with Crippen LogP contribution >= 0.6 is 0 Å². The van der Waals surface area contributed by atoms with E-state index in [9.17, 15) is 14.4 Å². The lowest BCUT2D eigenvalue weighted by molar-refractivity contribution is -0.136. The molecule has 2 heterocycles. The Morgan fingerprint density at radius 3 is 2.58 bits per heavy atom. The summed E-state index contributed by atoms with van der Waals surface area (Å²) in [5, 5.41) is 0. The van der Waals surface area contributed by atoms with Crippen molar-refractivity contribution in [2.45, 2.75) is 65.3 Å². The first kappa shape index (κ1) is 17.0. The maximum Gasteiger partial charge on any atom is 0.328 e. The largest absolute Gasteiger partial charge is 0.342 e. The molecule has 0 aromatic carbocycles. The van der Waals surface area contributed by atoms with Gasteiger partial charge in [0.1, 0.15) is 0 Å². The Kier molecular flexibility index (Phi) is 4.65. The number of aromatic amines is 1. The van der Waals surface area contributed by atoms with Gasteiger partial charge in [-0.2, -0.15) is 0 Å². The fraction of sp³-hybridized carbons (Fsp3) is 0.722. The summed E-state index contributed by atoms with van der Waals surface area (Å²) in [5.74, 6) is 0.213. The summed E-state index contributed by atoms with van der Waals surface area (Å²) in [4.78, 5) is 40.6. The molecule has 1 N–H and O–H groups in total. The van der Waals surface area contributed by atoms with E-state index in [1.807, 2.05) is 4.90 Å². The zero-order valence-corrected chi connectivity index (χ0v) is 14.7. The number of likely N-dealkylation sites (tertiary alicyclic amines) is 1. The smallest absolute Gasteiger partial charge is 0.328 e. The Hall–Kier alpha value is -1.85. The van der Waals surface area contributed by atoms with E-state index < -0.39 is 0 Å². The highest BCUT2D eigenvalue weighted by Gasteiger charge is 2.30. The predicted octanol–water partition coefficient (Wildman–Crippen LogP) is 1.45. The van der Waals surface area contributed by atoms with Gasteiger partial charge in [0.2, 0.25) is 5.91 Å². The summed E-state index contributed by atoms with van der Waals surface area (Å²) in [7, 11) is 0. The second-order valence-corrected chi connectivity index (χ2v) is 7.88. The third-order valence-corrected chi connectivity index (χ3v) is 5.30. The molecule has 1 aromatic rings. The van der Waals surface area contributed by atoms with E-state index >= 15 is 0 Å². The monoisotopic (exact) mass is 333 g/mol. The second kappa shape index (κ2) is 6.57. The Balaban J connectivity index is 1.70. The average molecular weight is 333 g/mol. The van der Waals surface area contributed by atoms with Gasteiger partial charge in [0.25, 0.3) is 5.56 Å². The van der Waals surface area contributed by atoms with Gasteiger partial charge in [-0.25, -0.2) is 4.79 Å². The van der Waals surface area contributed by atoms with Crippen molar-refractivity contribution in [2.24, 2.45) is 5.41 Å². The quantitative estimate of drug-likeness (QED) is 0.906. The Morgan fingerprint density at radius 2 is 1.79 bits per heavy atom. The standard InChI is InChI=1S/C18H27N3O3/c1-18(2)9-8-15(22)20(12-18)10-5-11-21-14-7-4-3-6-13(14)16(23)19-17(21)24/h3-12H2,1-2H3,(H,19,23,24). The van der Waals surface area contributed by atoms with Crippen LogP contribution in [0.15, 0.2) is 9.59 Å². The Bertz CT molecular complexity index is 745. The number of aromatic nitrogens is 2. The van der Waals surface area contributed by atoms with E-state index in [1.54, 1.807) is 4.57 Å². The SMILES string of the molecule is CC1(C)CCC(=O)N(CCCn2c3c(c(=O)[nH]c2=O)CCCC3)C1. The maximum absolute atomic E-state index is 12.2. The van der Waals surface area contributed by atoms with Gasteiger partial charge in [-0.15, -0.1) is 0 Å². The first-order chi connectivity index (χ1) is 11.4. The van der Waals surface area contributed by atoms with Gasteiger partial charge >= 0.3 is 5.69 Å². The number of piperidine rings is 1. The molecule has 1 amide bonds. The zero-order chi connectivity index (χ0) is 17.3. The highest BCUT2D eigenvalue weighted by atomic mass is 16.2. The van der Waals surface area contributed by atoms with Crippen LogP contribution in [-0.2, 0) is 24.2 Å². The summed E-state index contributed by atoms with van der Waals surface area (Å²) < 4.78 is 1.72. The number of nitrogens with zero attached hydrogens (tertiary/aromatic N) is 2. The minimum atomic E-state index is -0.314. The van der Waals surface area contributed by atoms with E-state index in [0.29, 0.717) is 19.5 Å². The minimum Gasteiger partial charge on any atom is -0.342 e. The number of nitrogens with one attached hydrogen (secondary N) is 1. The third kappa shape index (κ3) is 3.47. The molecule has 0 spiro atoms. The van der Waals surface area contributed by atoms with Gasteiger partial charge in [-0.05, 0) is 43.9 Å². The summed E-state index contributed by atoms with van der Waals surface area (Å²) in [6.45, 7) is 6.39. The van der Waals surface area contributed by atoms with Crippen molar-refractivity contribution in [1.29, 1.82) is 0 Å². The van der Waals surface area contributed by atoms with Gasteiger partial charge in [0.15, 0.2) is 0 Å². The van der Waals surface area contributed by atoms with E-state index in [-0.39, 0.29) is 22.6 Å². The Labute approximate surface area is 141 Å². The van der Waals surface area contributed by atoms with Gasteiger partial charge < -0.3 is 4.90 Å². The third-order valence-electron chi connectivity index (χ3n) is 5.30. The number of hydrogen-bond acceptors (Lipinski definition) is 3. The molecule has 1 aliphatic carbocycles. The molecule has 0 radical (unpaired) electrons. The molecule has 6 heteroatoms. The number of rotatable bonds is 4. The van der Waals surface area contributed by atoms with Crippen LogP contribution in [0.5, 0.6) is 0 Å². The number of fused-ring (bicyclic) bond motifs is 1. The van der Waals surface area contributed by atoms with Crippen molar-refractivity contribution in [3.63, 3.8) is 0 Å². The maximum atomic E-state index is 12.2. The zero-order valence-electron chi connectivity index (χ0n) is 14.7. The molecule has 1 fully saturated rings. The van der Waals surface area contributed by atoms with Crippen LogP contribution in [0.3, 0.4) is 0 Å². The van der Waals surface area contributed by atoms with E-state index in [0.717, 1.165) is 56.3 Å². The topological polar surface area (TPSA) is 75.2 Å². The molecular weight excluding hydrogens is 306 g/mol. The molecule has 0 saturated carbocycles. The van der Waals surface area contributed by atoms with Crippen molar-refractivity contribution in [2.75, 3.05) is 13.1 Å². The van der Waals surface area contributed by atoms with Crippen molar-refractivity contribution in [3.05, 3.63) is 32.1 Å². The minimum absolute atomic E-state index is 0.169. The molecule has 0 atom stereocenters. The summed E-state index contributed by atoms with van der Waals surface area (Å²) in [5.41, 5.74) is 1.31. The van der Waals surface area contributed by atoms with Crippen molar-refractivity contribution < 1.29 is 4.79 Å². The highest BCUT2D eigenvalue weighted by Crippen LogP contribution is 2.29. The molecule has 24 heavy (non-hydrogen) atoms. The second-order valence-electron chi connectivity index (χ2n) is 7.88. The summed E-state index contributed by atoms with van der Waals surface area (Å²) in [6.07, 6.45) is 5.87. The van der Waals surface area contributed by atoms with Gasteiger partial charge in [-0.3, -0.25) is 19.1 Å². The molecule has 132 valence electrons. The molecule has 3 rings (SSSR count). The fourth-order valence-electron chi connectivity index (χ4n) is 3.94. The van der Waals surface area contributed by atoms with Crippen LogP contribution in [0.25, 0.3) is 0 Å². The molecule has 1 aromatic heterocycles. The molecule has 1 saturated heterocycles. The first-order valence-electron chi connectivity index (χ1n) is 9.00. The molecule has 6 nitrogen and oxygen atoms in total. The highest BCUT2D eigenvalue weighted by molar-refractivity contribution is 5.77. The van der Waals surface area contributed by atoms with Gasteiger partial charge in [-0.1, -0.05) is 13.8 Å². The number of carbonyl (C=O) groups excluding carboxylic acids is 1. The molecule has 1 aliphatic heterocycles.